The molecule has 0 aliphatic rings. The first kappa shape index (κ1) is 10.1. The summed E-state index contributed by atoms with van der Waals surface area (Å²) in [5.41, 5.74) is 0.513. The van der Waals surface area contributed by atoms with Crippen molar-refractivity contribution in [3.8, 4) is 0 Å². The lowest BCUT2D eigenvalue weighted by atomic mass is 9.98. The fraction of sp³-hybridized carbons (Fsp3) is 0.556. The average Bonchev–Trinajstić information content (AvgIpc) is 2.05. The average molecular weight is 153 g/mol. The SMILES string of the molecule is C/C=C(\C=N)C(=O)C(C)CC. The van der Waals surface area contributed by atoms with E-state index in [1.807, 2.05) is 13.8 Å². The summed E-state index contributed by atoms with van der Waals surface area (Å²) in [7, 11) is 0. The number of hydrogen-bond donors (Lipinski definition) is 1. The van der Waals surface area contributed by atoms with Crippen LogP contribution < -0.4 is 0 Å². The molecule has 0 spiro atoms. The largest absolute Gasteiger partial charge is 0.308 e. The van der Waals surface area contributed by atoms with Crippen LogP contribution in [-0.4, -0.2) is 12.0 Å². The number of nitrogens with one attached hydrogen (secondary N) is 1. The smallest absolute Gasteiger partial charge is 0.166 e. The lowest BCUT2D eigenvalue weighted by Gasteiger charge is -2.05. The van der Waals surface area contributed by atoms with E-state index in [4.69, 9.17) is 5.41 Å². The van der Waals surface area contributed by atoms with E-state index in [1.54, 1.807) is 13.0 Å². The Hall–Kier alpha value is -0.920. The number of rotatable bonds is 4. The van der Waals surface area contributed by atoms with Crippen LogP contribution in [0.15, 0.2) is 11.6 Å². The third-order valence-corrected chi connectivity index (χ3v) is 1.81. The molecule has 1 unspecified atom stereocenters. The maximum absolute atomic E-state index is 11.3. The fourth-order valence-corrected chi connectivity index (χ4v) is 0.767. The van der Waals surface area contributed by atoms with Crippen molar-refractivity contribution in [3.05, 3.63) is 11.6 Å². The Labute approximate surface area is 67.8 Å². The molecule has 0 heterocycles. The van der Waals surface area contributed by atoms with Gasteiger partial charge in [-0.05, 0) is 13.3 Å². The van der Waals surface area contributed by atoms with Crippen LogP contribution in [0.1, 0.15) is 27.2 Å². The van der Waals surface area contributed by atoms with Crippen molar-refractivity contribution in [1.29, 1.82) is 5.41 Å². The van der Waals surface area contributed by atoms with Crippen LogP contribution >= 0.6 is 0 Å². The number of carbonyl (C=O) groups is 1. The lowest BCUT2D eigenvalue weighted by Crippen LogP contribution is -2.13. The van der Waals surface area contributed by atoms with E-state index in [1.165, 1.54) is 0 Å². The molecular formula is C9H15NO. The molecule has 0 rings (SSSR count). The van der Waals surface area contributed by atoms with E-state index in [0.29, 0.717) is 5.57 Å². The second-order valence-corrected chi connectivity index (χ2v) is 2.56. The summed E-state index contributed by atoms with van der Waals surface area (Å²) in [5, 5.41) is 6.94. The molecular weight excluding hydrogens is 138 g/mol. The molecule has 0 aliphatic carbocycles. The van der Waals surface area contributed by atoms with Crippen molar-refractivity contribution in [2.75, 3.05) is 0 Å². The van der Waals surface area contributed by atoms with Gasteiger partial charge in [-0.1, -0.05) is 19.9 Å². The van der Waals surface area contributed by atoms with Gasteiger partial charge in [0.05, 0.1) is 0 Å². The number of hydrogen-bond acceptors (Lipinski definition) is 2. The predicted octanol–water partition coefficient (Wildman–Crippen LogP) is 2.20. The van der Waals surface area contributed by atoms with E-state index in [0.717, 1.165) is 12.6 Å². The Bertz CT molecular complexity index is 182. The molecule has 62 valence electrons. The normalized spacial score (nSPS) is 14.3. The van der Waals surface area contributed by atoms with Crippen LogP contribution in [-0.2, 0) is 4.79 Å². The van der Waals surface area contributed by atoms with Crippen LogP contribution in [0.4, 0.5) is 0 Å². The van der Waals surface area contributed by atoms with Crippen molar-refractivity contribution in [2.45, 2.75) is 27.2 Å². The molecule has 1 N–H and O–H groups in total. The van der Waals surface area contributed by atoms with Gasteiger partial charge in [-0.15, -0.1) is 0 Å². The van der Waals surface area contributed by atoms with E-state index >= 15 is 0 Å². The Morgan fingerprint density at radius 2 is 2.18 bits per heavy atom. The summed E-state index contributed by atoms with van der Waals surface area (Å²) < 4.78 is 0. The van der Waals surface area contributed by atoms with Gasteiger partial charge in [0, 0.05) is 17.7 Å². The first-order valence-corrected chi connectivity index (χ1v) is 3.88. The van der Waals surface area contributed by atoms with Crippen LogP contribution in [0.25, 0.3) is 0 Å². The molecule has 0 radical (unpaired) electrons. The number of allylic oxidation sites excluding steroid dienone is 2. The van der Waals surface area contributed by atoms with Gasteiger partial charge in [0.15, 0.2) is 5.78 Å². The summed E-state index contributed by atoms with van der Waals surface area (Å²) in [6.07, 6.45) is 3.64. The summed E-state index contributed by atoms with van der Waals surface area (Å²) >= 11 is 0. The topological polar surface area (TPSA) is 40.9 Å². The Kier molecular flexibility index (Phi) is 4.42. The zero-order valence-electron chi connectivity index (χ0n) is 7.35. The van der Waals surface area contributed by atoms with Gasteiger partial charge >= 0.3 is 0 Å². The van der Waals surface area contributed by atoms with Crippen molar-refractivity contribution < 1.29 is 4.79 Å². The van der Waals surface area contributed by atoms with Crippen LogP contribution in [0.2, 0.25) is 0 Å². The van der Waals surface area contributed by atoms with Crippen LogP contribution in [0.5, 0.6) is 0 Å². The van der Waals surface area contributed by atoms with Crippen molar-refractivity contribution in [2.24, 2.45) is 5.92 Å². The van der Waals surface area contributed by atoms with E-state index < -0.39 is 0 Å². The quantitative estimate of drug-likeness (QED) is 0.488. The molecule has 0 bridgehead atoms. The molecule has 1 atom stereocenters. The minimum atomic E-state index is 0.0443. The Morgan fingerprint density at radius 1 is 1.64 bits per heavy atom. The van der Waals surface area contributed by atoms with Gasteiger partial charge in [0.25, 0.3) is 0 Å². The Balaban J connectivity index is 4.34. The molecule has 0 aromatic heterocycles. The zero-order chi connectivity index (χ0) is 8.85. The highest BCUT2D eigenvalue weighted by Crippen LogP contribution is 2.07. The molecule has 0 fully saturated rings. The number of Topliss-reactive ketones (excluding diaryl/α,β-unsaturated/α-hetero) is 1. The van der Waals surface area contributed by atoms with Crippen LogP contribution in [0, 0.1) is 11.3 Å². The summed E-state index contributed by atoms with van der Waals surface area (Å²) in [4.78, 5) is 11.3. The number of carbonyl (C=O) groups excluding carboxylic acids is 1. The highest BCUT2D eigenvalue weighted by atomic mass is 16.1. The maximum atomic E-state index is 11.3. The third kappa shape index (κ3) is 2.66. The molecule has 0 aromatic rings. The molecule has 2 nitrogen and oxygen atoms in total. The Morgan fingerprint density at radius 3 is 2.45 bits per heavy atom. The second-order valence-electron chi connectivity index (χ2n) is 2.56. The number of ketones is 1. The minimum Gasteiger partial charge on any atom is -0.308 e. The molecule has 0 saturated heterocycles. The monoisotopic (exact) mass is 153 g/mol. The van der Waals surface area contributed by atoms with Gasteiger partial charge in [-0.3, -0.25) is 4.79 Å². The first-order chi connectivity index (χ1) is 5.17. The van der Waals surface area contributed by atoms with Crippen molar-refractivity contribution >= 4 is 12.0 Å². The fourth-order valence-electron chi connectivity index (χ4n) is 0.767. The third-order valence-electron chi connectivity index (χ3n) is 1.81. The maximum Gasteiger partial charge on any atom is 0.166 e. The van der Waals surface area contributed by atoms with Gasteiger partial charge in [-0.25, -0.2) is 0 Å². The first-order valence-electron chi connectivity index (χ1n) is 3.88. The molecule has 2 heteroatoms. The van der Waals surface area contributed by atoms with E-state index in [2.05, 4.69) is 0 Å². The lowest BCUT2D eigenvalue weighted by molar-refractivity contribution is -0.118. The van der Waals surface area contributed by atoms with Crippen molar-refractivity contribution in [1.82, 2.24) is 0 Å². The van der Waals surface area contributed by atoms with Gasteiger partial charge < -0.3 is 5.41 Å². The standard InChI is InChI=1S/C9H15NO/c1-4-7(3)9(11)8(5-2)6-10/h5-7,10H,4H2,1-3H3/b8-5+,10-6?. The summed E-state index contributed by atoms with van der Waals surface area (Å²) in [5.74, 6) is 0.118. The molecule has 11 heavy (non-hydrogen) atoms. The van der Waals surface area contributed by atoms with Crippen molar-refractivity contribution in [3.63, 3.8) is 0 Å². The van der Waals surface area contributed by atoms with E-state index in [-0.39, 0.29) is 11.7 Å². The highest BCUT2D eigenvalue weighted by Gasteiger charge is 2.12. The van der Waals surface area contributed by atoms with Gasteiger partial charge in [0.2, 0.25) is 0 Å². The molecule has 0 aromatic carbocycles. The summed E-state index contributed by atoms with van der Waals surface area (Å²) in [6, 6.07) is 0. The molecule has 0 saturated carbocycles. The van der Waals surface area contributed by atoms with Gasteiger partial charge in [-0.2, -0.15) is 0 Å². The predicted molar refractivity (Wildman–Crippen MR) is 47.0 cm³/mol. The molecule has 0 aliphatic heterocycles. The van der Waals surface area contributed by atoms with E-state index in [9.17, 15) is 4.79 Å². The molecule has 0 amide bonds. The highest BCUT2D eigenvalue weighted by molar-refractivity contribution is 6.13. The second kappa shape index (κ2) is 4.83. The minimum absolute atomic E-state index is 0.0443. The summed E-state index contributed by atoms with van der Waals surface area (Å²) in [6.45, 7) is 5.63. The van der Waals surface area contributed by atoms with Crippen LogP contribution in [0.3, 0.4) is 0 Å². The zero-order valence-corrected chi connectivity index (χ0v) is 7.35. The van der Waals surface area contributed by atoms with Gasteiger partial charge in [0.1, 0.15) is 0 Å².